The predicted molar refractivity (Wildman–Crippen MR) is 281 cm³/mol. The molecule has 0 aliphatic heterocycles. The molecule has 0 spiro atoms. The molecule has 12 rings (SSSR count). The number of nitrogens with zero attached hydrogens (tertiary/aromatic N) is 2. The molecular formula is C64H40F4N2. The Morgan fingerprint density at radius 3 is 0.814 bits per heavy atom. The van der Waals surface area contributed by atoms with E-state index in [1.54, 1.807) is 48.5 Å². The van der Waals surface area contributed by atoms with Crippen LogP contribution < -0.4 is 9.80 Å². The van der Waals surface area contributed by atoms with E-state index in [1.165, 1.54) is 48.5 Å². The van der Waals surface area contributed by atoms with Crippen molar-refractivity contribution in [3.8, 4) is 44.5 Å². The summed E-state index contributed by atoms with van der Waals surface area (Å²) in [6.07, 6.45) is 0. The van der Waals surface area contributed by atoms with Crippen LogP contribution in [0.15, 0.2) is 243 Å². The highest BCUT2D eigenvalue weighted by molar-refractivity contribution is 6.28. The van der Waals surface area contributed by atoms with Gasteiger partial charge in [-0.15, -0.1) is 0 Å². The maximum Gasteiger partial charge on any atom is 0.123 e. The fourth-order valence-electron chi connectivity index (χ4n) is 9.89. The lowest BCUT2D eigenvalue weighted by Crippen LogP contribution is -2.12. The minimum absolute atomic E-state index is 0.318. The summed E-state index contributed by atoms with van der Waals surface area (Å²) in [4.78, 5) is 4.53. The van der Waals surface area contributed by atoms with E-state index in [4.69, 9.17) is 0 Å². The number of rotatable bonds is 10. The first kappa shape index (κ1) is 42.4. The van der Waals surface area contributed by atoms with Crippen molar-refractivity contribution < 1.29 is 17.6 Å². The highest BCUT2D eigenvalue weighted by atomic mass is 19.1. The number of para-hydroxylation sites is 2. The second-order valence-electron chi connectivity index (χ2n) is 17.5. The normalized spacial score (nSPS) is 11.4. The molecule has 0 aliphatic rings. The van der Waals surface area contributed by atoms with Crippen molar-refractivity contribution >= 4 is 66.4 Å². The molecule has 0 unspecified atom stereocenters. The van der Waals surface area contributed by atoms with E-state index in [0.717, 1.165) is 111 Å². The Morgan fingerprint density at radius 1 is 0.229 bits per heavy atom. The Labute approximate surface area is 402 Å². The third-order valence-electron chi connectivity index (χ3n) is 13.2. The van der Waals surface area contributed by atoms with Crippen LogP contribution in [0.4, 0.5) is 51.7 Å². The lowest BCUT2D eigenvalue weighted by molar-refractivity contribution is 0.627. The molecule has 0 bridgehead atoms. The summed E-state index contributed by atoms with van der Waals surface area (Å²) in [5.41, 5.74) is 12.4. The molecule has 12 aromatic carbocycles. The SMILES string of the molecule is Fc1ccc(-c2cc(-c3ccc(F)cc3)cc(N(c3ccccc3)c3ccc4ccc5c(N(c6ccccc6)c6cc(-c7ccc(F)cc7)cc(-c7ccc(F)cc7)c6)ccc6ccc3c4c65)c2)cc1. The minimum Gasteiger partial charge on any atom is -0.310 e. The van der Waals surface area contributed by atoms with Crippen molar-refractivity contribution in [1.82, 2.24) is 0 Å². The van der Waals surface area contributed by atoms with Crippen molar-refractivity contribution in [1.29, 1.82) is 0 Å². The summed E-state index contributed by atoms with van der Waals surface area (Å²) >= 11 is 0. The van der Waals surface area contributed by atoms with Gasteiger partial charge in [-0.3, -0.25) is 0 Å². The number of anilines is 6. The third-order valence-corrected chi connectivity index (χ3v) is 13.2. The maximum absolute atomic E-state index is 14.3. The van der Waals surface area contributed by atoms with Gasteiger partial charge in [0.15, 0.2) is 0 Å². The van der Waals surface area contributed by atoms with Crippen LogP contribution in [0.1, 0.15) is 0 Å². The van der Waals surface area contributed by atoms with E-state index < -0.39 is 0 Å². The Morgan fingerprint density at radius 2 is 0.514 bits per heavy atom. The highest BCUT2D eigenvalue weighted by Crippen LogP contribution is 2.49. The van der Waals surface area contributed by atoms with Crippen molar-refractivity contribution in [2.75, 3.05) is 9.80 Å². The summed E-state index contributed by atoms with van der Waals surface area (Å²) in [6, 6.07) is 76.6. The zero-order valence-corrected chi connectivity index (χ0v) is 37.5. The quantitative estimate of drug-likeness (QED) is 0.0996. The Bertz CT molecular complexity index is 3460. The molecule has 0 amide bonds. The molecule has 0 N–H and O–H groups in total. The average molecular weight is 913 g/mol. The third kappa shape index (κ3) is 7.85. The second kappa shape index (κ2) is 17.6. The van der Waals surface area contributed by atoms with Gasteiger partial charge in [-0.05, 0) is 187 Å². The van der Waals surface area contributed by atoms with Crippen LogP contribution in [-0.4, -0.2) is 0 Å². The van der Waals surface area contributed by atoms with E-state index in [2.05, 4.69) is 119 Å². The summed E-state index contributed by atoms with van der Waals surface area (Å²) in [5.74, 6) is -1.27. The highest BCUT2D eigenvalue weighted by Gasteiger charge is 2.23. The van der Waals surface area contributed by atoms with Crippen molar-refractivity contribution in [3.05, 3.63) is 266 Å². The van der Waals surface area contributed by atoms with Gasteiger partial charge in [0.05, 0.1) is 11.4 Å². The predicted octanol–water partition coefficient (Wildman–Crippen LogP) is 18.7. The summed E-state index contributed by atoms with van der Waals surface area (Å²) in [5, 5.41) is 6.44. The number of hydrogen-bond acceptors (Lipinski definition) is 2. The van der Waals surface area contributed by atoms with Gasteiger partial charge >= 0.3 is 0 Å². The van der Waals surface area contributed by atoms with E-state index in [1.807, 2.05) is 36.4 Å². The maximum atomic E-state index is 14.3. The Kier molecular flexibility index (Phi) is 10.6. The molecule has 0 fully saturated rings. The summed E-state index contributed by atoms with van der Waals surface area (Å²) < 4.78 is 57.2. The first-order chi connectivity index (χ1) is 34.3. The molecular weight excluding hydrogens is 873 g/mol. The van der Waals surface area contributed by atoms with Crippen LogP contribution in [0.2, 0.25) is 0 Å². The first-order valence-electron chi connectivity index (χ1n) is 23.1. The van der Waals surface area contributed by atoms with Crippen LogP contribution in [0.5, 0.6) is 0 Å². The number of benzene rings is 12. The van der Waals surface area contributed by atoms with Gasteiger partial charge in [0.25, 0.3) is 0 Å². The number of halogens is 4. The van der Waals surface area contributed by atoms with Crippen LogP contribution in [-0.2, 0) is 0 Å². The fraction of sp³-hybridized carbons (Fsp3) is 0. The molecule has 2 nitrogen and oxygen atoms in total. The van der Waals surface area contributed by atoms with Crippen molar-refractivity contribution in [3.63, 3.8) is 0 Å². The smallest absolute Gasteiger partial charge is 0.123 e. The van der Waals surface area contributed by atoms with Gasteiger partial charge in [-0.25, -0.2) is 17.6 Å². The standard InChI is InChI=1S/C64H40F4N2/c65-51-23-11-41(12-24-51)47-35-48(42-13-25-52(66)26-14-42)38-57(37-47)69(55-7-3-1-4-8-55)61-33-21-45-20-32-60-62(34-22-46-19-31-59(61)63(45)64(46)60)70(56-9-5-2-6-10-56)58-39-49(43-15-27-53(67)28-16-43)36-50(40-58)44-17-29-54(68)30-18-44/h1-40H. The van der Waals surface area contributed by atoms with E-state index in [-0.39, 0.29) is 23.3 Å². The molecule has 334 valence electrons. The van der Waals surface area contributed by atoms with E-state index >= 15 is 0 Å². The number of hydrogen-bond donors (Lipinski definition) is 0. The summed E-state index contributed by atoms with van der Waals surface area (Å²) in [6.45, 7) is 0. The molecule has 12 aromatic rings. The zero-order chi connectivity index (χ0) is 47.3. The van der Waals surface area contributed by atoms with E-state index in [9.17, 15) is 17.6 Å². The van der Waals surface area contributed by atoms with Gasteiger partial charge in [0.2, 0.25) is 0 Å². The Hall–Kier alpha value is -9.00. The monoisotopic (exact) mass is 912 g/mol. The van der Waals surface area contributed by atoms with Crippen LogP contribution in [0, 0.1) is 23.3 Å². The average Bonchev–Trinajstić information content (AvgIpc) is 3.40. The molecule has 70 heavy (non-hydrogen) atoms. The van der Waals surface area contributed by atoms with Crippen molar-refractivity contribution in [2.45, 2.75) is 0 Å². The molecule has 0 atom stereocenters. The van der Waals surface area contributed by atoms with Gasteiger partial charge in [-0.2, -0.15) is 0 Å². The second-order valence-corrected chi connectivity index (χ2v) is 17.5. The van der Waals surface area contributed by atoms with Crippen molar-refractivity contribution in [2.24, 2.45) is 0 Å². The molecule has 0 radical (unpaired) electrons. The molecule has 0 saturated heterocycles. The summed E-state index contributed by atoms with van der Waals surface area (Å²) in [7, 11) is 0. The van der Waals surface area contributed by atoms with Gasteiger partial charge in [-0.1, -0.05) is 121 Å². The van der Waals surface area contributed by atoms with Crippen LogP contribution >= 0.6 is 0 Å². The molecule has 0 heterocycles. The van der Waals surface area contributed by atoms with Gasteiger partial charge in [0, 0.05) is 33.5 Å². The zero-order valence-electron chi connectivity index (χ0n) is 37.5. The molecule has 0 aliphatic carbocycles. The topological polar surface area (TPSA) is 6.48 Å². The van der Waals surface area contributed by atoms with Gasteiger partial charge < -0.3 is 9.80 Å². The molecule has 0 saturated carbocycles. The largest absolute Gasteiger partial charge is 0.310 e. The lowest BCUT2D eigenvalue weighted by atomic mass is 9.91. The molecule has 0 aromatic heterocycles. The van der Waals surface area contributed by atoms with Gasteiger partial charge in [0.1, 0.15) is 23.3 Å². The van der Waals surface area contributed by atoms with E-state index in [0.29, 0.717) is 0 Å². The van der Waals surface area contributed by atoms with Crippen LogP contribution in [0.25, 0.3) is 76.8 Å². The first-order valence-corrected chi connectivity index (χ1v) is 23.1. The van der Waals surface area contributed by atoms with Crippen LogP contribution in [0.3, 0.4) is 0 Å². The fourth-order valence-corrected chi connectivity index (χ4v) is 9.89. The minimum atomic E-state index is -0.318. The lowest BCUT2D eigenvalue weighted by Gasteiger charge is -2.30. The molecule has 6 heteroatoms. The Balaban J connectivity index is 1.09.